The van der Waals surface area contributed by atoms with Crippen LogP contribution in [0.3, 0.4) is 0 Å². The molecule has 4 nitrogen and oxygen atoms in total. The molecular formula is C21H24O4. The first-order valence-electron chi connectivity index (χ1n) is 8.21. The summed E-state index contributed by atoms with van der Waals surface area (Å²) >= 11 is 0. The zero-order valence-corrected chi connectivity index (χ0v) is 15.4. The second-order valence-electron chi connectivity index (χ2n) is 6.91. The third-order valence-electron chi connectivity index (χ3n) is 4.14. The summed E-state index contributed by atoms with van der Waals surface area (Å²) in [6.07, 6.45) is 4.24. The summed E-state index contributed by atoms with van der Waals surface area (Å²) in [6, 6.07) is 5.36. The van der Waals surface area contributed by atoms with E-state index >= 15 is 0 Å². The van der Waals surface area contributed by atoms with E-state index in [0.717, 1.165) is 11.0 Å². The Hall–Kier alpha value is -2.62. The first-order valence-corrected chi connectivity index (χ1v) is 8.21. The molecular weight excluding hydrogens is 316 g/mol. The van der Waals surface area contributed by atoms with Gasteiger partial charge in [-0.3, -0.25) is 4.79 Å². The minimum absolute atomic E-state index is 0.407. The van der Waals surface area contributed by atoms with Gasteiger partial charge in [0.1, 0.15) is 11.3 Å². The molecule has 1 heterocycles. The van der Waals surface area contributed by atoms with Gasteiger partial charge in [-0.1, -0.05) is 31.6 Å². The van der Waals surface area contributed by atoms with Crippen molar-refractivity contribution < 1.29 is 13.9 Å². The average Bonchev–Trinajstić information content (AvgIpc) is 2.52. The van der Waals surface area contributed by atoms with Crippen LogP contribution < -0.4 is 10.4 Å². The lowest BCUT2D eigenvalue weighted by Gasteiger charge is -2.19. The molecule has 4 heteroatoms. The minimum atomic E-state index is -0.497. The van der Waals surface area contributed by atoms with Gasteiger partial charge < -0.3 is 9.15 Å². The molecule has 0 N–H and O–H groups in total. The van der Waals surface area contributed by atoms with Gasteiger partial charge in [0.15, 0.2) is 0 Å². The largest absolute Gasteiger partial charge is 0.426 e. The molecule has 0 aliphatic carbocycles. The van der Waals surface area contributed by atoms with E-state index in [1.54, 1.807) is 18.2 Å². The molecule has 0 saturated heterocycles. The average molecular weight is 340 g/mol. The highest BCUT2D eigenvalue weighted by atomic mass is 16.5. The number of ether oxygens (including phenoxy) is 1. The van der Waals surface area contributed by atoms with E-state index in [2.05, 4.69) is 6.58 Å². The standard InChI is InChI=1S/C21H24O4/c1-7-21(5,6)17-12-15-9-11-18(24-14(4)22)16(10-8-13(2)3)19(15)25-20(17)23/h7-9,11-12H,1,10H2,2-6H3. The molecule has 0 atom stereocenters. The summed E-state index contributed by atoms with van der Waals surface area (Å²) in [5, 5.41) is 0.789. The number of benzene rings is 1. The van der Waals surface area contributed by atoms with Crippen LogP contribution in [0.25, 0.3) is 11.0 Å². The topological polar surface area (TPSA) is 56.5 Å². The van der Waals surface area contributed by atoms with Gasteiger partial charge >= 0.3 is 11.6 Å². The molecule has 0 bridgehead atoms. The summed E-state index contributed by atoms with van der Waals surface area (Å²) in [6.45, 7) is 12.9. The lowest BCUT2D eigenvalue weighted by molar-refractivity contribution is -0.131. The van der Waals surface area contributed by atoms with Crippen LogP contribution in [-0.2, 0) is 16.6 Å². The van der Waals surface area contributed by atoms with Crippen LogP contribution in [0, 0.1) is 0 Å². The fourth-order valence-electron chi connectivity index (χ4n) is 2.53. The predicted octanol–water partition coefficient (Wildman–Crippen LogP) is 4.69. The first-order chi connectivity index (χ1) is 11.7. The zero-order chi connectivity index (χ0) is 18.8. The molecule has 1 aromatic carbocycles. The van der Waals surface area contributed by atoms with E-state index < -0.39 is 17.0 Å². The molecule has 0 amide bonds. The Bertz CT molecular complexity index is 909. The highest BCUT2D eigenvalue weighted by Crippen LogP contribution is 2.31. The number of hydrogen-bond acceptors (Lipinski definition) is 4. The lowest BCUT2D eigenvalue weighted by atomic mass is 9.85. The van der Waals surface area contributed by atoms with Crippen LogP contribution in [0.1, 0.15) is 45.7 Å². The van der Waals surface area contributed by atoms with E-state index in [4.69, 9.17) is 9.15 Å². The highest BCUT2D eigenvalue weighted by molar-refractivity contribution is 5.84. The maximum absolute atomic E-state index is 12.5. The normalized spacial score (nSPS) is 11.2. The third kappa shape index (κ3) is 4.08. The van der Waals surface area contributed by atoms with Crippen molar-refractivity contribution in [2.24, 2.45) is 0 Å². The SMILES string of the molecule is C=CC(C)(C)c1cc2ccc(OC(C)=O)c(CC=C(C)C)c2oc1=O. The molecule has 2 aromatic rings. The smallest absolute Gasteiger partial charge is 0.340 e. The van der Waals surface area contributed by atoms with Gasteiger partial charge in [-0.25, -0.2) is 4.79 Å². The fourth-order valence-corrected chi connectivity index (χ4v) is 2.53. The van der Waals surface area contributed by atoms with Crippen molar-refractivity contribution in [3.05, 3.63) is 64.1 Å². The van der Waals surface area contributed by atoms with Crippen molar-refractivity contribution in [2.75, 3.05) is 0 Å². The van der Waals surface area contributed by atoms with Gasteiger partial charge in [0.25, 0.3) is 0 Å². The van der Waals surface area contributed by atoms with E-state index in [1.165, 1.54) is 6.92 Å². The van der Waals surface area contributed by atoms with Crippen LogP contribution in [-0.4, -0.2) is 5.97 Å². The summed E-state index contributed by atoms with van der Waals surface area (Å²) < 4.78 is 10.9. The molecule has 132 valence electrons. The first kappa shape index (κ1) is 18.7. The Labute approximate surface area is 147 Å². The van der Waals surface area contributed by atoms with Crippen molar-refractivity contribution in [3.8, 4) is 5.75 Å². The van der Waals surface area contributed by atoms with Crippen LogP contribution >= 0.6 is 0 Å². The van der Waals surface area contributed by atoms with Crippen molar-refractivity contribution in [3.63, 3.8) is 0 Å². The van der Waals surface area contributed by atoms with E-state index in [1.807, 2.05) is 39.8 Å². The second kappa shape index (κ2) is 7.09. The highest BCUT2D eigenvalue weighted by Gasteiger charge is 2.23. The molecule has 0 unspecified atom stereocenters. The van der Waals surface area contributed by atoms with Crippen LogP contribution in [0.2, 0.25) is 0 Å². The Kier molecular flexibility index (Phi) is 5.31. The number of rotatable bonds is 5. The van der Waals surface area contributed by atoms with Crippen molar-refractivity contribution in [2.45, 2.75) is 46.5 Å². The van der Waals surface area contributed by atoms with Crippen molar-refractivity contribution in [1.29, 1.82) is 0 Å². The maximum Gasteiger partial charge on any atom is 0.340 e. The molecule has 0 aliphatic rings. The van der Waals surface area contributed by atoms with Crippen LogP contribution in [0.5, 0.6) is 5.75 Å². The maximum atomic E-state index is 12.5. The van der Waals surface area contributed by atoms with Crippen LogP contribution in [0.15, 0.2) is 51.7 Å². The molecule has 0 saturated carbocycles. The monoisotopic (exact) mass is 340 g/mol. The Morgan fingerprint density at radius 2 is 1.96 bits per heavy atom. The number of carbonyl (C=O) groups is 1. The number of fused-ring (bicyclic) bond motifs is 1. The van der Waals surface area contributed by atoms with Crippen molar-refractivity contribution >= 4 is 16.9 Å². The van der Waals surface area contributed by atoms with Gasteiger partial charge in [0.05, 0.1) is 0 Å². The Morgan fingerprint density at radius 3 is 2.52 bits per heavy atom. The number of allylic oxidation sites excluding steroid dienone is 3. The van der Waals surface area contributed by atoms with Gasteiger partial charge in [0.2, 0.25) is 0 Å². The Morgan fingerprint density at radius 1 is 1.28 bits per heavy atom. The van der Waals surface area contributed by atoms with Gasteiger partial charge in [0, 0.05) is 28.9 Å². The van der Waals surface area contributed by atoms with E-state index in [0.29, 0.717) is 28.9 Å². The van der Waals surface area contributed by atoms with Gasteiger partial charge in [-0.05, 0) is 38.5 Å². The quantitative estimate of drug-likeness (QED) is 0.343. The summed E-state index contributed by atoms with van der Waals surface area (Å²) in [4.78, 5) is 23.9. The molecule has 0 fully saturated rings. The molecule has 0 spiro atoms. The molecule has 25 heavy (non-hydrogen) atoms. The van der Waals surface area contributed by atoms with E-state index in [9.17, 15) is 9.59 Å². The number of carbonyl (C=O) groups excluding carboxylic acids is 1. The van der Waals surface area contributed by atoms with Crippen LogP contribution in [0.4, 0.5) is 0 Å². The zero-order valence-electron chi connectivity index (χ0n) is 15.4. The van der Waals surface area contributed by atoms with Gasteiger partial charge in [-0.15, -0.1) is 6.58 Å². The molecule has 2 rings (SSSR count). The molecule has 1 aromatic heterocycles. The minimum Gasteiger partial charge on any atom is -0.426 e. The number of hydrogen-bond donors (Lipinski definition) is 0. The van der Waals surface area contributed by atoms with Gasteiger partial charge in [-0.2, -0.15) is 0 Å². The summed E-state index contributed by atoms with van der Waals surface area (Å²) in [7, 11) is 0. The Balaban J connectivity index is 2.76. The summed E-state index contributed by atoms with van der Waals surface area (Å²) in [5.41, 5.74) is 1.90. The van der Waals surface area contributed by atoms with E-state index in [-0.39, 0.29) is 0 Å². The summed E-state index contributed by atoms with van der Waals surface area (Å²) in [5.74, 6) is 0.000869. The molecule has 0 radical (unpaired) electrons. The number of esters is 1. The molecule has 0 aliphatic heterocycles. The fraction of sp³-hybridized carbons (Fsp3) is 0.333. The lowest BCUT2D eigenvalue weighted by Crippen LogP contribution is -2.23. The third-order valence-corrected chi connectivity index (χ3v) is 4.14. The second-order valence-corrected chi connectivity index (χ2v) is 6.91. The van der Waals surface area contributed by atoms with Crippen molar-refractivity contribution in [1.82, 2.24) is 0 Å². The predicted molar refractivity (Wildman–Crippen MR) is 100 cm³/mol.